The molecule has 0 unspecified atom stereocenters. The Kier molecular flexibility index (Phi) is 5.43. The molecule has 0 fully saturated rings. The van der Waals surface area contributed by atoms with Crippen LogP contribution in [0.5, 0.6) is 0 Å². The summed E-state index contributed by atoms with van der Waals surface area (Å²) < 4.78 is 76.3. The topological polar surface area (TPSA) is 41.1 Å². The molecule has 1 amide bonds. The van der Waals surface area contributed by atoms with Crippen LogP contribution < -0.4 is 10.6 Å². The molecule has 0 saturated heterocycles. The Bertz CT molecular complexity index is 661. The van der Waals surface area contributed by atoms with Gasteiger partial charge in [0, 0.05) is 0 Å². The van der Waals surface area contributed by atoms with E-state index in [-0.39, 0.29) is 0 Å². The minimum absolute atomic E-state index is 0.510. The highest BCUT2D eigenvalue weighted by Crippen LogP contribution is 2.35. The van der Waals surface area contributed by atoms with Crippen molar-refractivity contribution in [3.63, 3.8) is 0 Å². The average Bonchev–Trinajstić information content (AvgIpc) is 2.43. The number of amides is 1. The maximum absolute atomic E-state index is 13.9. The molecule has 2 N–H and O–H groups in total. The highest BCUT2D eigenvalue weighted by Gasteiger charge is 2.57. The molecule has 132 valence electrons. The van der Waals surface area contributed by atoms with Crippen molar-refractivity contribution in [2.75, 3.05) is 11.9 Å². The second-order valence-electron chi connectivity index (χ2n) is 5.44. The number of carbonyl (C=O) groups is 1. The maximum atomic E-state index is 13.9. The summed E-state index contributed by atoms with van der Waals surface area (Å²) in [6, 6.07) is 2.94. The Balaban J connectivity index is 3.09. The third-order valence-electron chi connectivity index (χ3n) is 2.94. The molecule has 0 saturated carbocycles. The van der Waals surface area contributed by atoms with Gasteiger partial charge in [-0.25, -0.2) is 4.39 Å². The van der Waals surface area contributed by atoms with Gasteiger partial charge in [0.25, 0.3) is 5.91 Å². The Hall–Kier alpha value is -2.37. The Morgan fingerprint density at radius 3 is 2.29 bits per heavy atom. The van der Waals surface area contributed by atoms with E-state index in [1.807, 2.05) is 0 Å². The fourth-order valence-electron chi connectivity index (χ4n) is 1.59. The van der Waals surface area contributed by atoms with Crippen molar-refractivity contribution in [3.8, 4) is 12.3 Å². The molecule has 0 bridgehead atoms. The zero-order valence-electron chi connectivity index (χ0n) is 12.7. The van der Waals surface area contributed by atoms with E-state index in [0.717, 1.165) is 18.2 Å². The second kappa shape index (κ2) is 6.63. The lowest BCUT2D eigenvalue weighted by molar-refractivity contribution is -0.275. The minimum Gasteiger partial charge on any atom is -0.378 e. The first-order valence-corrected chi connectivity index (χ1v) is 6.58. The maximum Gasteiger partial charge on any atom is 0.455 e. The van der Waals surface area contributed by atoms with Crippen molar-refractivity contribution in [2.45, 2.75) is 31.5 Å². The molecule has 1 rings (SSSR count). The molecule has 1 aromatic rings. The zero-order chi connectivity index (χ0) is 18.8. The Labute approximate surface area is 134 Å². The second-order valence-corrected chi connectivity index (χ2v) is 5.44. The minimum atomic E-state index is -5.78. The summed E-state index contributed by atoms with van der Waals surface area (Å²) in [5.41, 5.74) is -2.39. The van der Waals surface area contributed by atoms with Crippen LogP contribution in [0, 0.1) is 18.2 Å². The van der Waals surface area contributed by atoms with E-state index in [9.17, 15) is 31.1 Å². The molecule has 0 aliphatic carbocycles. The first kappa shape index (κ1) is 19.7. The summed E-state index contributed by atoms with van der Waals surface area (Å²) in [5.74, 6) is -4.98. The van der Waals surface area contributed by atoms with E-state index >= 15 is 0 Å². The molecule has 0 atom stereocenters. The third-order valence-corrected chi connectivity index (χ3v) is 2.94. The van der Waals surface area contributed by atoms with Gasteiger partial charge in [0.15, 0.2) is 0 Å². The summed E-state index contributed by atoms with van der Waals surface area (Å²) in [4.78, 5) is 12.1. The quantitative estimate of drug-likeness (QED) is 0.628. The van der Waals surface area contributed by atoms with Gasteiger partial charge in [-0.05, 0) is 26.0 Å². The van der Waals surface area contributed by atoms with Crippen LogP contribution in [-0.4, -0.2) is 30.1 Å². The molecular weight excluding hydrogens is 338 g/mol. The van der Waals surface area contributed by atoms with E-state index in [1.165, 1.54) is 13.8 Å². The Morgan fingerprint density at radius 2 is 1.79 bits per heavy atom. The molecule has 0 spiro atoms. The van der Waals surface area contributed by atoms with Gasteiger partial charge in [-0.15, -0.1) is 6.42 Å². The summed E-state index contributed by atoms with van der Waals surface area (Å²) in [6.45, 7) is 1.01. The molecule has 0 aromatic heterocycles. The number of alkyl halides is 5. The van der Waals surface area contributed by atoms with Gasteiger partial charge in [-0.1, -0.05) is 12.0 Å². The number of nitrogens with one attached hydrogen (secondary N) is 2. The molecule has 9 heteroatoms. The van der Waals surface area contributed by atoms with Gasteiger partial charge in [-0.3, -0.25) is 4.79 Å². The van der Waals surface area contributed by atoms with Crippen molar-refractivity contribution in [1.29, 1.82) is 0 Å². The SMILES string of the molecule is C#CC(C)(C)NC(=O)c1c(F)cccc1NCC(F)(F)C(F)(F)F. The largest absolute Gasteiger partial charge is 0.455 e. The predicted molar refractivity (Wildman–Crippen MR) is 76.3 cm³/mol. The lowest BCUT2D eigenvalue weighted by Crippen LogP contribution is -2.44. The van der Waals surface area contributed by atoms with Crippen molar-refractivity contribution < 1.29 is 31.1 Å². The lowest BCUT2D eigenvalue weighted by Gasteiger charge is -2.23. The predicted octanol–water partition coefficient (Wildman–Crippen LogP) is 3.58. The molecular formula is C15H14F6N2O. The third kappa shape index (κ3) is 4.57. The zero-order valence-corrected chi connectivity index (χ0v) is 12.7. The van der Waals surface area contributed by atoms with Crippen molar-refractivity contribution in [2.24, 2.45) is 0 Å². The number of carbonyl (C=O) groups excluding carboxylic acids is 1. The van der Waals surface area contributed by atoms with Crippen LogP contribution in [-0.2, 0) is 0 Å². The van der Waals surface area contributed by atoms with Crippen LogP contribution in [0.4, 0.5) is 32.0 Å². The van der Waals surface area contributed by atoms with Crippen molar-refractivity contribution in [1.82, 2.24) is 5.32 Å². The van der Waals surface area contributed by atoms with Gasteiger partial charge in [0.2, 0.25) is 0 Å². The van der Waals surface area contributed by atoms with Crippen molar-refractivity contribution >= 4 is 11.6 Å². The number of anilines is 1. The highest BCUT2D eigenvalue weighted by atomic mass is 19.4. The van der Waals surface area contributed by atoms with E-state index < -0.39 is 47.2 Å². The van der Waals surface area contributed by atoms with E-state index in [0.29, 0.717) is 0 Å². The van der Waals surface area contributed by atoms with Crippen LogP contribution in [0.3, 0.4) is 0 Å². The number of benzene rings is 1. The molecule has 1 aromatic carbocycles. The monoisotopic (exact) mass is 352 g/mol. The number of terminal acetylenes is 1. The van der Waals surface area contributed by atoms with Crippen LogP contribution >= 0.6 is 0 Å². The molecule has 0 heterocycles. The number of halogens is 6. The van der Waals surface area contributed by atoms with Gasteiger partial charge >= 0.3 is 12.1 Å². The van der Waals surface area contributed by atoms with Crippen LogP contribution in [0.2, 0.25) is 0 Å². The lowest BCUT2D eigenvalue weighted by atomic mass is 10.0. The standard InChI is InChI=1S/C15H14F6N2O/c1-4-13(2,3)23-12(24)11-9(16)6-5-7-10(11)22-8-14(17,18)15(19,20)21/h1,5-7,22H,8H2,2-3H3,(H,23,24). The summed E-state index contributed by atoms with van der Waals surface area (Å²) in [6.07, 6.45) is -0.602. The van der Waals surface area contributed by atoms with E-state index in [1.54, 1.807) is 5.32 Å². The average molecular weight is 352 g/mol. The molecule has 3 nitrogen and oxygen atoms in total. The van der Waals surface area contributed by atoms with Crippen LogP contribution in [0.15, 0.2) is 18.2 Å². The smallest absolute Gasteiger partial charge is 0.378 e. The molecule has 0 radical (unpaired) electrons. The van der Waals surface area contributed by atoms with Crippen LogP contribution in [0.25, 0.3) is 0 Å². The van der Waals surface area contributed by atoms with Crippen molar-refractivity contribution in [3.05, 3.63) is 29.6 Å². The summed E-state index contributed by atoms with van der Waals surface area (Å²) >= 11 is 0. The highest BCUT2D eigenvalue weighted by molar-refractivity contribution is 6.00. The fraction of sp³-hybridized carbons (Fsp3) is 0.400. The Morgan fingerprint density at radius 1 is 1.21 bits per heavy atom. The molecule has 24 heavy (non-hydrogen) atoms. The molecule has 0 aliphatic rings. The summed E-state index contributed by atoms with van der Waals surface area (Å²) in [5, 5.41) is 4.03. The van der Waals surface area contributed by atoms with Gasteiger partial charge in [0.1, 0.15) is 5.82 Å². The fourth-order valence-corrected chi connectivity index (χ4v) is 1.59. The first-order chi connectivity index (χ1) is 10.8. The summed E-state index contributed by atoms with van der Waals surface area (Å²) in [7, 11) is 0. The number of hydrogen-bond donors (Lipinski definition) is 2. The number of hydrogen-bond acceptors (Lipinski definition) is 2. The normalized spacial score (nSPS) is 12.5. The van der Waals surface area contributed by atoms with E-state index in [4.69, 9.17) is 6.42 Å². The van der Waals surface area contributed by atoms with E-state index in [2.05, 4.69) is 11.2 Å². The molecule has 0 aliphatic heterocycles. The first-order valence-electron chi connectivity index (χ1n) is 6.58. The van der Waals surface area contributed by atoms with Gasteiger partial charge in [0.05, 0.1) is 23.3 Å². The van der Waals surface area contributed by atoms with Crippen LogP contribution in [0.1, 0.15) is 24.2 Å². The number of rotatable bonds is 5. The van der Waals surface area contributed by atoms with Gasteiger partial charge in [-0.2, -0.15) is 22.0 Å². The van der Waals surface area contributed by atoms with Gasteiger partial charge < -0.3 is 10.6 Å².